The van der Waals surface area contributed by atoms with Crippen molar-refractivity contribution in [2.75, 3.05) is 18.9 Å². The van der Waals surface area contributed by atoms with Crippen LogP contribution in [-0.4, -0.2) is 46.9 Å². The average Bonchev–Trinajstić information content (AvgIpc) is 2.36. The van der Waals surface area contributed by atoms with Gasteiger partial charge in [-0.25, -0.2) is 0 Å². The molecular formula is C16H24N2O3. The van der Waals surface area contributed by atoms with Gasteiger partial charge in [0, 0.05) is 12.1 Å². The number of likely N-dealkylation sites (N-methyl/N-ethyl adjacent to an activating group) is 1. The highest BCUT2D eigenvalue weighted by atomic mass is 16.3. The van der Waals surface area contributed by atoms with E-state index in [9.17, 15) is 14.7 Å². The van der Waals surface area contributed by atoms with Crippen LogP contribution in [0.5, 0.6) is 0 Å². The molecule has 0 aliphatic carbocycles. The number of carbonyl (C=O) groups excluding carboxylic acids is 2. The number of anilines is 1. The Labute approximate surface area is 126 Å². The van der Waals surface area contributed by atoms with E-state index in [0.717, 1.165) is 0 Å². The fourth-order valence-corrected chi connectivity index (χ4v) is 2.08. The Kier molecular flexibility index (Phi) is 5.63. The van der Waals surface area contributed by atoms with Gasteiger partial charge in [0.15, 0.2) is 5.78 Å². The van der Waals surface area contributed by atoms with Crippen LogP contribution in [0.15, 0.2) is 24.3 Å². The summed E-state index contributed by atoms with van der Waals surface area (Å²) in [4.78, 5) is 25.6. The third-order valence-corrected chi connectivity index (χ3v) is 3.24. The molecule has 5 nitrogen and oxygen atoms in total. The van der Waals surface area contributed by atoms with E-state index in [2.05, 4.69) is 5.32 Å². The summed E-state index contributed by atoms with van der Waals surface area (Å²) in [5.74, 6) is -0.307. The van der Waals surface area contributed by atoms with Crippen molar-refractivity contribution < 1.29 is 14.7 Å². The second-order valence-electron chi connectivity index (χ2n) is 5.99. The van der Waals surface area contributed by atoms with Crippen LogP contribution in [0, 0.1) is 0 Å². The summed E-state index contributed by atoms with van der Waals surface area (Å²) < 4.78 is 0. The monoisotopic (exact) mass is 292 g/mol. The molecule has 0 heterocycles. The molecule has 0 saturated heterocycles. The minimum absolute atomic E-state index is 0.0941. The molecule has 1 aromatic rings. The molecule has 0 aromatic heterocycles. The van der Waals surface area contributed by atoms with Gasteiger partial charge in [0.05, 0.1) is 17.3 Å². The molecule has 0 bridgehead atoms. The Hall–Kier alpha value is -1.72. The molecule has 5 heteroatoms. The van der Waals surface area contributed by atoms with Crippen molar-refractivity contribution in [1.82, 2.24) is 4.90 Å². The van der Waals surface area contributed by atoms with Crippen molar-refractivity contribution >= 4 is 17.4 Å². The number of para-hydroxylation sites is 1. The molecule has 1 aromatic carbocycles. The van der Waals surface area contributed by atoms with Gasteiger partial charge < -0.3 is 10.4 Å². The van der Waals surface area contributed by atoms with Gasteiger partial charge in [-0.3, -0.25) is 14.5 Å². The SMILES string of the molecule is CC(=O)c1ccccc1NC(=O)C(C)N(C)CC(C)(C)O. The number of carbonyl (C=O) groups is 2. The third kappa shape index (κ3) is 5.28. The maximum atomic E-state index is 12.3. The molecule has 0 aliphatic heterocycles. The van der Waals surface area contributed by atoms with Crippen LogP contribution in [0.3, 0.4) is 0 Å². The number of hydrogen-bond acceptors (Lipinski definition) is 4. The predicted molar refractivity (Wildman–Crippen MR) is 83.5 cm³/mol. The first-order valence-electron chi connectivity index (χ1n) is 6.95. The van der Waals surface area contributed by atoms with Gasteiger partial charge in [-0.15, -0.1) is 0 Å². The molecule has 116 valence electrons. The highest BCUT2D eigenvalue weighted by molar-refractivity contribution is 6.04. The number of ketones is 1. The first kappa shape index (κ1) is 17.3. The summed E-state index contributed by atoms with van der Waals surface area (Å²) in [5, 5.41) is 12.6. The molecule has 0 fully saturated rings. The second kappa shape index (κ2) is 6.83. The van der Waals surface area contributed by atoms with E-state index in [0.29, 0.717) is 17.8 Å². The molecule has 0 spiro atoms. The number of nitrogens with one attached hydrogen (secondary N) is 1. The molecule has 0 aliphatic rings. The summed E-state index contributed by atoms with van der Waals surface area (Å²) in [5.41, 5.74) is 0.127. The minimum Gasteiger partial charge on any atom is -0.389 e. The van der Waals surface area contributed by atoms with E-state index in [1.807, 2.05) is 0 Å². The van der Waals surface area contributed by atoms with Crippen molar-refractivity contribution in [2.24, 2.45) is 0 Å². The van der Waals surface area contributed by atoms with Crippen molar-refractivity contribution in [3.8, 4) is 0 Å². The van der Waals surface area contributed by atoms with E-state index < -0.39 is 11.6 Å². The van der Waals surface area contributed by atoms with Gasteiger partial charge in [-0.1, -0.05) is 12.1 Å². The van der Waals surface area contributed by atoms with Crippen LogP contribution in [-0.2, 0) is 4.79 Å². The molecule has 0 saturated carbocycles. The largest absolute Gasteiger partial charge is 0.389 e. The standard InChI is InChI=1S/C16H24N2O3/c1-11(18(5)10-16(3,4)21)15(20)17-14-9-7-6-8-13(14)12(2)19/h6-9,11,21H,10H2,1-5H3,(H,17,20). The molecule has 1 amide bonds. The van der Waals surface area contributed by atoms with Crippen molar-refractivity contribution in [3.63, 3.8) is 0 Å². The summed E-state index contributed by atoms with van der Waals surface area (Å²) in [6.45, 7) is 6.99. The van der Waals surface area contributed by atoms with Crippen LogP contribution < -0.4 is 5.32 Å². The van der Waals surface area contributed by atoms with Gasteiger partial charge in [0.2, 0.25) is 5.91 Å². The Morgan fingerprint density at radius 1 is 1.33 bits per heavy atom. The first-order valence-corrected chi connectivity index (χ1v) is 6.95. The molecule has 1 unspecified atom stereocenters. The molecular weight excluding hydrogens is 268 g/mol. The number of nitrogens with zero attached hydrogens (tertiary/aromatic N) is 1. The lowest BCUT2D eigenvalue weighted by Gasteiger charge is -2.29. The topological polar surface area (TPSA) is 69.6 Å². The van der Waals surface area contributed by atoms with E-state index >= 15 is 0 Å². The minimum atomic E-state index is -0.874. The van der Waals surface area contributed by atoms with Gasteiger partial charge in [-0.2, -0.15) is 0 Å². The second-order valence-corrected chi connectivity index (χ2v) is 5.99. The number of aliphatic hydroxyl groups is 1. The first-order chi connectivity index (χ1) is 9.61. The zero-order chi connectivity index (χ0) is 16.2. The zero-order valence-corrected chi connectivity index (χ0v) is 13.3. The van der Waals surface area contributed by atoms with E-state index in [1.54, 1.807) is 57.0 Å². The summed E-state index contributed by atoms with van der Waals surface area (Å²) >= 11 is 0. The van der Waals surface area contributed by atoms with Crippen LogP contribution in [0.4, 0.5) is 5.69 Å². The molecule has 1 atom stereocenters. The van der Waals surface area contributed by atoms with Crippen LogP contribution in [0.2, 0.25) is 0 Å². The van der Waals surface area contributed by atoms with Gasteiger partial charge in [-0.05, 0) is 46.9 Å². The maximum absolute atomic E-state index is 12.3. The predicted octanol–water partition coefficient (Wildman–Crippen LogP) is 1.92. The number of rotatable bonds is 6. The lowest BCUT2D eigenvalue weighted by Crippen LogP contribution is -2.46. The fraction of sp³-hybridized carbons (Fsp3) is 0.500. The highest BCUT2D eigenvalue weighted by Crippen LogP contribution is 2.16. The van der Waals surface area contributed by atoms with Gasteiger partial charge in [0.25, 0.3) is 0 Å². The van der Waals surface area contributed by atoms with Crippen molar-refractivity contribution in [1.29, 1.82) is 0 Å². The summed E-state index contributed by atoms with van der Waals surface area (Å²) in [6.07, 6.45) is 0. The van der Waals surface area contributed by atoms with E-state index in [-0.39, 0.29) is 11.7 Å². The Morgan fingerprint density at radius 2 is 1.90 bits per heavy atom. The zero-order valence-electron chi connectivity index (χ0n) is 13.3. The maximum Gasteiger partial charge on any atom is 0.241 e. The third-order valence-electron chi connectivity index (χ3n) is 3.24. The van der Waals surface area contributed by atoms with Crippen molar-refractivity contribution in [3.05, 3.63) is 29.8 Å². The Bertz CT molecular complexity index is 520. The van der Waals surface area contributed by atoms with E-state index in [1.165, 1.54) is 6.92 Å². The summed E-state index contributed by atoms with van der Waals surface area (Å²) in [7, 11) is 1.78. The number of amides is 1. The summed E-state index contributed by atoms with van der Waals surface area (Å²) in [6, 6.07) is 6.50. The average molecular weight is 292 g/mol. The number of benzene rings is 1. The number of hydrogen-bond donors (Lipinski definition) is 2. The molecule has 21 heavy (non-hydrogen) atoms. The number of Topliss-reactive ketones (excluding diaryl/α,β-unsaturated/α-hetero) is 1. The highest BCUT2D eigenvalue weighted by Gasteiger charge is 2.24. The van der Waals surface area contributed by atoms with E-state index in [4.69, 9.17) is 0 Å². The molecule has 2 N–H and O–H groups in total. The normalized spacial score (nSPS) is 13.1. The van der Waals surface area contributed by atoms with Gasteiger partial charge >= 0.3 is 0 Å². The lowest BCUT2D eigenvalue weighted by molar-refractivity contribution is -0.121. The Morgan fingerprint density at radius 3 is 2.43 bits per heavy atom. The van der Waals surface area contributed by atoms with Crippen LogP contribution in [0.25, 0.3) is 0 Å². The quantitative estimate of drug-likeness (QED) is 0.786. The smallest absolute Gasteiger partial charge is 0.241 e. The Balaban J connectivity index is 2.80. The van der Waals surface area contributed by atoms with Crippen LogP contribution in [0.1, 0.15) is 38.1 Å². The molecule has 1 rings (SSSR count). The lowest BCUT2D eigenvalue weighted by atomic mass is 10.1. The van der Waals surface area contributed by atoms with Crippen LogP contribution >= 0.6 is 0 Å². The van der Waals surface area contributed by atoms with Crippen molar-refractivity contribution in [2.45, 2.75) is 39.3 Å². The fourth-order valence-electron chi connectivity index (χ4n) is 2.08. The van der Waals surface area contributed by atoms with Gasteiger partial charge in [0.1, 0.15) is 0 Å². The molecule has 0 radical (unpaired) electrons.